The standard InChI is InChI=1S/C26H18F3NO7/c27-26(28,29)15-5-7-16(8-6-15)37-19-10-9-17-23(24(25(35)36)18(30-17)12-21(33)34)22(19)14-3-1-13(2-4-14)11-20(31)32/h1-10,30H,11-12H2,(H,31,32)(H,33,34)(H,35,36). The van der Waals surface area contributed by atoms with Crippen LogP contribution in [0.5, 0.6) is 11.5 Å². The molecule has 1 aromatic heterocycles. The number of H-pyrrole nitrogens is 1. The third-order valence-corrected chi connectivity index (χ3v) is 5.55. The van der Waals surface area contributed by atoms with E-state index in [0.717, 1.165) is 24.3 Å². The number of aromatic nitrogens is 1. The molecule has 11 heteroatoms. The monoisotopic (exact) mass is 513 g/mol. The van der Waals surface area contributed by atoms with Gasteiger partial charge in [-0.2, -0.15) is 13.2 Å². The number of hydrogen-bond acceptors (Lipinski definition) is 4. The van der Waals surface area contributed by atoms with E-state index >= 15 is 0 Å². The Bertz CT molecular complexity index is 1500. The van der Waals surface area contributed by atoms with Crippen molar-refractivity contribution in [2.24, 2.45) is 0 Å². The number of benzene rings is 3. The number of aliphatic carboxylic acids is 2. The molecule has 0 saturated heterocycles. The van der Waals surface area contributed by atoms with E-state index in [-0.39, 0.29) is 40.1 Å². The molecule has 0 saturated carbocycles. The third-order valence-electron chi connectivity index (χ3n) is 5.55. The summed E-state index contributed by atoms with van der Waals surface area (Å²) in [4.78, 5) is 37.4. The van der Waals surface area contributed by atoms with Crippen molar-refractivity contribution in [2.45, 2.75) is 19.0 Å². The van der Waals surface area contributed by atoms with Crippen LogP contribution in [0.2, 0.25) is 0 Å². The summed E-state index contributed by atoms with van der Waals surface area (Å²) in [6, 6.07) is 13.1. The van der Waals surface area contributed by atoms with Gasteiger partial charge in [-0.15, -0.1) is 0 Å². The summed E-state index contributed by atoms with van der Waals surface area (Å²) in [6.45, 7) is 0. The first-order valence-electron chi connectivity index (χ1n) is 10.7. The van der Waals surface area contributed by atoms with E-state index in [1.54, 1.807) is 12.1 Å². The largest absolute Gasteiger partial charge is 0.481 e. The van der Waals surface area contributed by atoms with Gasteiger partial charge in [0.2, 0.25) is 0 Å². The van der Waals surface area contributed by atoms with E-state index in [1.807, 2.05) is 0 Å². The highest BCUT2D eigenvalue weighted by atomic mass is 19.4. The van der Waals surface area contributed by atoms with Gasteiger partial charge in [0.25, 0.3) is 0 Å². The lowest BCUT2D eigenvalue weighted by atomic mass is 9.95. The van der Waals surface area contributed by atoms with Crippen molar-refractivity contribution in [2.75, 3.05) is 0 Å². The second-order valence-electron chi connectivity index (χ2n) is 8.11. The van der Waals surface area contributed by atoms with Crippen LogP contribution in [-0.2, 0) is 28.6 Å². The van der Waals surface area contributed by atoms with Gasteiger partial charge in [0.1, 0.15) is 11.5 Å². The van der Waals surface area contributed by atoms with Gasteiger partial charge in [-0.1, -0.05) is 24.3 Å². The molecule has 0 spiro atoms. The number of hydrogen-bond donors (Lipinski definition) is 4. The Morgan fingerprint density at radius 2 is 1.43 bits per heavy atom. The van der Waals surface area contributed by atoms with Gasteiger partial charge in [-0.3, -0.25) is 9.59 Å². The second kappa shape index (κ2) is 9.69. The lowest BCUT2D eigenvalue weighted by Gasteiger charge is -2.15. The van der Waals surface area contributed by atoms with Crippen molar-refractivity contribution >= 4 is 28.8 Å². The van der Waals surface area contributed by atoms with Gasteiger partial charge in [-0.25, -0.2) is 4.79 Å². The molecular weight excluding hydrogens is 495 g/mol. The Kier molecular flexibility index (Phi) is 6.62. The fourth-order valence-corrected chi connectivity index (χ4v) is 4.02. The van der Waals surface area contributed by atoms with Crippen LogP contribution in [0.15, 0.2) is 60.7 Å². The molecule has 0 atom stereocenters. The van der Waals surface area contributed by atoms with Crippen molar-refractivity contribution in [1.82, 2.24) is 4.98 Å². The minimum atomic E-state index is -4.54. The van der Waals surface area contributed by atoms with Crippen LogP contribution in [0.1, 0.15) is 27.2 Å². The van der Waals surface area contributed by atoms with E-state index in [2.05, 4.69) is 4.98 Å². The number of carboxylic acid groups (broad SMARTS) is 3. The molecule has 0 aliphatic heterocycles. The smallest absolute Gasteiger partial charge is 0.416 e. The predicted octanol–water partition coefficient (Wildman–Crippen LogP) is 5.60. The molecule has 0 aliphatic carbocycles. The van der Waals surface area contributed by atoms with Crippen LogP contribution in [-0.4, -0.2) is 38.2 Å². The minimum absolute atomic E-state index is 0.0502. The van der Waals surface area contributed by atoms with Crippen molar-refractivity contribution in [3.8, 4) is 22.6 Å². The Labute approximate surface area is 206 Å². The zero-order valence-corrected chi connectivity index (χ0v) is 18.8. The van der Waals surface area contributed by atoms with E-state index in [9.17, 15) is 37.8 Å². The first-order valence-corrected chi connectivity index (χ1v) is 10.7. The number of alkyl halides is 3. The second-order valence-corrected chi connectivity index (χ2v) is 8.11. The van der Waals surface area contributed by atoms with Crippen LogP contribution in [0.25, 0.3) is 22.0 Å². The highest BCUT2D eigenvalue weighted by molar-refractivity contribution is 6.12. The Morgan fingerprint density at radius 1 is 0.811 bits per heavy atom. The summed E-state index contributed by atoms with van der Waals surface area (Å²) >= 11 is 0. The summed E-state index contributed by atoms with van der Waals surface area (Å²) in [5, 5.41) is 28.4. The number of rotatable bonds is 8. The molecule has 0 aliphatic rings. The highest BCUT2D eigenvalue weighted by Gasteiger charge is 2.30. The van der Waals surface area contributed by atoms with E-state index in [1.165, 1.54) is 24.3 Å². The van der Waals surface area contributed by atoms with Crippen molar-refractivity contribution in [3.05, 3.63) is 83.0 Å². The summed E-state index contributed by atoms with van der Waals surface area (Å²) < 4.78 is 44.7. The molecule has 4 aromatic rings. The molecule has 0 radical (unpaired) electrons. The summed E-state index contributed by atoms with van der Waals surface area (Å²) in [7, 11) is 0. The summed E-state index contributed by atoms with van der Waals surface area (Å²) in [5.41, 5.74) is 0.229. The molecule has 0 amide bonds. The first-order chi connectivity index (χ1) is 17.4. The SMILES string of the molecule is O=C(O)Cc1ccc(-c2c(Oc3ccc(C(F)(F)F)cc3)ccc3[nH]c(CC(=O)O)c(C(=O)O)c23)cc1. The summed E-state index contributed by atoms with van der Waals surface area (Å²) in [6.07, 6.45) is -5.38. The number of ether oxygens (including phenoxy) is 1. The molecule has 4 N–H and O–H groups in total. The topological polar surface area (TPSA) is 137 Å². The zero-order chi connectivity index (χ0) is 26.9. The molecule has 1 heterocycles. The molecule has 37 heavy (non-hydrogen) atoms. The van der Waals surface area contributed by atoms with Crippen LogP contribution in [0.4, 0.5) is 13.2 Å². The van der Waals surface area contributed by atoms with Gasteiger partial charge in [0.05, 0.1) is 24.0 Å². The average molecular weight is 513 g/mol. The average Bonchev–Trinajstić information content (AvgIpc) is 3.16. The zero-order valence-electron chi connectivity index (χ0n) is 18.8. The molecule has 4 rings (SSSR count). The van der Waals surface area contributed by atoms with Crippen molar-refractivity contribution in [3.63, 3.8) is 0 Å². The summed E-state index contributed by atoms with van der Waals surface area (Å²) in [5.74, 6) is -3.54. The molecule has 190 valence electrons. The third kappa shape index (κ3) is 5.40. The van der Waals surface area contributed by atoms with Gasteiger partial charge in [0, 0.05) is 22.2 Å². The number of aromatic amines is 1. The van der Waals surface area contributed by atoms with Crippen molar-refractivity contribution in [1.29, 1.82) is 0 Å². The molecular formula is C26H18F3NO7. The molecule has 0 fully saturated rings. The Balaban J connectivity index is 1.91. The molecule has 0 bridgehead atoms. The van der Waals surface area contributed by atoms with Crippen LogP contribution in [0, 0.1) is 0 Å². The first kappa shape index (κ1) is 25.3. The fraction of sp³-hybridized carbons (Fsp3) is 0.115. The van der Waals surface area contributed by atoms with Crippen LogP contribution in [0.3, 0.4) is 0 Å². The normalized spacial score (nSPS) is 11.4. The Hall–Kier alpha value is -4.80. The van der Waals surface area contributed by atoms with E-state index in [4.69, 9.17) is 9.84 Å². The van der Waals surface area contributed by atoms with E-state index < -0.39 is 36.1 Å². The number of carbonyl (C=O) groups is 3. The number of halogens is 3. The van der Waals surface area contributed by atoms with Crippen LogP contribution < -0.4 is 4.74 Å². The van der Waals surface area contributed by atoms with E-state index in [0.29, 0.717) is 16.6 Å². The van der Waals surface area contributed by atoms with Gasteiger partial charge in [0.15, 0.2) is 0 Å². The van der Waals surface area contributed by atoms with Gasteiger partial charge >= 0.3 is 24.1 Å². The number of carboxylic acids is 3. The maximum atomic E-state index is 13.0. The van der Waals surface area contributed by atoms with Gasteiger partial charge in [-0.05, 0) is 47.5 Å². The number of fused-ring (bicyclic) bond motifs is 1. The predicted molar refractivity (Wildman–Crippen MR) is 125 cm³/mol. The van der Waals surface area contributed by atoms with Crippen molar-refractivity contribution < 1.29 is 47.6 Å². The highest BCUT2D eigenvalue weighted by Crippen LogP contribution is 2.42. The molecule has 3 aromatic carbocycles. The number of aromatic carboxylic acids is 1. The lowest BCUT2D eigenvalue weighted by molar-refractivity contribution is -0.138. The van der Waals surface area contributed by atoms with Gasteiger partial charge < -0.3 is 25.0 Å². The number of nitrogens with one attached hydrogen (secondary N) is 1. The minimum Gasteiger partial charge on any atom is -0.481 e. The molecule has 8 nitrogen and oxygen atoms in total. The lowest BCUT2D eigenvalue weighted by Crippen LogP contribution is -2.07. The Morgan fingerprint density at radius 3 is 1.97 bits per heavy atom. The molecule has 0 unspecified atom stereocenters. The maximum Gasteiger partial charge on any atom is 0.416 e. The maximum absolute atomic E-state index is 13.0. The fourth-order valence-electron chi connectivity index (χ4n) is 4.02. The quantitative estimate of drug-likeness (QED) is 0.241. The van der Waals surface area contributed by atoms with Crippen LogP contribution >= 0.6 is 0 Å².